The van der Waals surface area contributed by atoms with E-state index in [1.165, 1.54) is 0 Å². The Morgan fingerprint density at radius 3 is 2.83 bits per heavy atom. The van der Waals surface area contributed by atoms with Crippen LogP contribution in [0.1, 0.15) is 18.4 Å². The molecule has 122 valence electrons. The van der Waals surface area contributed by atoms with Gasteiger partial charge in [0.1, 0.15) is 17.2 Å². The lowest BCUT2D eigenvalue weighted by Gasteiger charge is -2.07. The topological polar surface area (TPSA) is 81.9 Å². The Kier molecular flexibility index (Phi) is 4.48. The Morgan fingerprint density at radius 2 is 2.17 bits per heavy atom. The number of aryl methyl sites for hydroxylation is 1. The van der Waals surface area contributed by atoms with E-state index < -0.39 is 0 Å². The van der Waals surface area contributed by atoms with Gasteiger partial charge >= 0.3 is 0 Å². The van der Waals surface area contributed by atoms with Crippen LogP contribution in [0.25, 0.3) is 11.0 Å². The fraction of sp³-hybridized carbons (Fsp3) is 0.333. The average Bonchev–Trinajstić information content (AvgIpc) is 3.08. The Balaban J connectivity index is 2.06. The number of fused-ring (bicyclic) bond motifs is 1. The highest BCUT2D eigenvalue weighted by atomic mass is 35.5. The summed E-state index contributed by atoms with van der Waals surface area (Å²) in [4.78, 5) is 8.57. The molecule has 0 radical (unpaired) electrons. The molecule has 1 atom stereocenters. The first kappa shape index (κ1) is 16.1. The fourth-order valence-corrected chi connectivity index (χ4v) is 3.07. The molecule has 0 aliphatic carbocycles. The van der Waals surface area contributed by atoms with Crippen LogP contribution in [0, 0.1) is 0 Å². The summed E-state index contributed by atoms with van der Waals surface area (Å²) in [5, 5.41) is 4.70. The number of hydrogen-bond donors (Lipinski definition) is 2. The lowest BCUT2D eigenvalue weighted by Crippen LogP contribution is -2.19. The Bertz CT molecular complexity index is 826. The molecule has 3 aromatic heterocycles. The summed E-state index contributed by atoms with van der Waals surface area (Å²) in [6, 6.07) is 3.69. The van der Waals surface area contributed by atoms with Crippen LogP contribution in [0.3, 0.4) is 0 Å². The van der Waals surface area contributed by atoms with Crippen molar-refractivity contribution in [1.82, 2.24) is 14.5 Å². The van der Waals surface area contributed by atoms with Crippen molar-refractivity contribution in [3.63, 3.8) is 0 Å². The Labute approximate surface area is 143 Å². The summed E-state index contributed by atoms with van der Waals surface area (Å²) in [6.45, 7) is 2.41. The highest BCUT2D eigenvalue weighted by Crippen LogP contribution is 2.35. The predicted octanol–water partition coefficient (Wildman–Crippen LogP) is 3.37. The molecule has 8 heteroatoms. The van der Waals surface area contributed by atoms with Gasteiger partial charge in [0.2, 0.25) is 5.28 Å². The number of rotatable bonds is 5. The maximum atomic E-state index is 6.56. The van der Waals surface area contributed by atoms with Gasteiger partial charge in [0, 0.05) is 25.2 Å². The van der Waals surface area contributed by atoms with Crippen LogP contribution in [-0.2, 0) is 20.0 Å². The molecule has 0 saturated heterocycles. The number of furan rings is 1. The van der Waals surface area contributed by atoms with Gasteiger partial charge in [-0.25, -0.2) is 0 Å². The van der Waals surface area contributed by atoms with Crippen LogP contribution in [0.4, 0.5) is 5.82 Å². The molecule has 3 aromatic rings. The molecule has 0 bridgehead atoms. The second-order valence-corrected chi connectivity index (χ2v) is 6.19. The maximum absolute atomic E-state index is 6.56. The van der Waals surface area contributed by atoms with Crippen LogP contribution in [0.15, 0.2) is 22.8 Å². The summed E-state index contributed by atoms with van der Waals surface area (Å²) in [5.41, 5.74) is 7.50. The van der Waals surface area contributed by atoms with Crippen molar-refractivity contribution >= 4 is 40.1 Å². The molecule has 0 aliphatic rings. The zero-order chi connectivity index (χ0) is 16.6. The number of hydrogen-bond acceptors (Lipinski definition) is 5. The van der Waals surface area contributed by atoms with Crippen LogP contribution in [0.5, 0.6) is 0 Å². The largest absolute Gasteiger partial charge is 0.467 e. The zero-order valence-electron chi connectivity index (χ0n) is 12.8. The molecule has 3 N–H and O–H groups in total. The van der Waals surface area contributed by atoms with Crippen LogP contribution >= 0.6 is 23.2 Å². The van der Waals surface area contributed by atoms with Gasteiger partial charge in [-0.1, -0.05) is 11.6 Å². The van der Waals surface area contributed by atoms with Crippen molar-refractivity contribution in [3.05, 3.63) is 40.2 Å². The summed E-state index contributed by atoms with van der Waals surface area (Å²) in [6.07, 6.45) is 2.26. The lowest BCUT2D eigenvalue weighted by atomic mass is 10.2. The van der Waals surface area contributed by atoms with E-state index >= 15 is 0 Å². The van der Waals surface area contributed by atoms with E-state index in [1.807, 2.05) is 30.7 Å². The van der Waals surface area contributed by atoms with E-state index in [2.05, 4.69) is 15.3 Å². The second kappa shape index (κ2) is 6.39. The minimum absolute atomic E-state index is 0.0153. The quantitative estimate of drug-likeness (QED) is 0.687. The van der Waals surface area contributed by atoms with Gasteiger partial charge in [-0.3, -0.25) is 0 Å². The smallest absolute Gasteiger partial charge is 0.226 e. The molecule has 0 amide bonds. The predicted molar refractivity (Wildman–Crippen MR) is 91.9 cm³/mol. The number of aromatic nitrogens is 3. The van der Waals surface area contributed by atoms with Crippen LogP contribution < -0.4 is 11.1 Å². The van der Waals surface area contributed by atoms with Gasteiger partial charge in [0.05, 0.1) is 23.2 Å². The third-order valence-corrected chi connectivity index (χ3v) is 4.16. The van der Waals surface area contributed by atoms with E-state index in [1.54, 1.807) is 6.26 Å². The van der Waals surface area contributed by atoms with Gasteiger partial charge in [-0.15, -0.1) is 0 Å². The Morgan fingerprint density at radius 1 is 1.39 bits per heavy atom. The van der Waals surface area contributed by atoms with Crippen molar-refractivity contribution in [2.45, 2.75) is 25.9 Å². The first-order valence-electron chi connectivity index (χ1n) is 7.19. The number of anilines is 1. The van der Waals surface area contributed by atoms with Crippen molar-refractivity contribution in [2.75, 3.05) is 5.32 Å². The summed E-state index contributed by atoms with van der Waals surface area (Å²) in [5.74, 6) is 1.36. The van der Waals surface area contributed by atoms with Crippen LogP contribution in [0.2, 0.25) is 10.3 Å². The average molecular weight is 354 g/mol. The number of nitrogens with zero attached hydrogens (tertiary/aromatic N) is 3. The summed E-state index contributed by atoms with van der Waals surface area (Å²) >= 11 is 12.6. The molecular formula is C15H17Cl2N5O. The SMILES string of the molecule is C[C@H](N)Cc1c(Cl)c2c(NCc3ccco3)nc(Cl)nc2n1C. The van der Waals surface area contributed by atoms with Gasteiger partial charge in [-0.2, -0.15) is 9.97 Å². The fourth-order valence-electron chi connectivity index (χ4n) is 2.53. The van der Waals surface area contributed by atoms with E-state index in [-0.39, 0.29) is 11.3 Å². The van der Waals surface area contributed by atoms with Crippen molar-refractivity contribution in [3.8, 4) is 0 Å². The van der Waals surface area contributed by atoms with Crippen molar-refractivity contribution < 1.29 is 4.42 Å². The Hall–Kier alpha value is -1.76. The van der Waals surface area contributed by atoms with E-state index in [0.717, 1.165) is 16.8 Å². The highest BCUT2D eigenvalue weighted by Gasteiger charge is 2.20. The third kappa shape index (κ3) is 3.15. The third-order valence-electron chi connectivity index (χ3n) is 3.58. The first-order valence-corrected chi connectivity index (χ1v) is 7.95. The number of halogens is 2. The van der Waals surface area contributed by atoms with Gasteiger partial charge < -0.3 is 20.0 Å². The minimum atomic E-state index is -0.0153. The number of nitrogens with one attached hydrogen (secondary N) is 1. The molecule has 6 nitrogen and oxygen atoms in total. The first-order chi connectivity index (χ1) is 11.0. The molecule has 0 aliphatic heterocycles. The van der Waals surface area contributed by atoms with Gasteiger partial charge in [-0.05, 0) is 30.7 Å². The standard InChI is InChI=1S/C15H17Cl2N5O/c1-8(18)6-10-12(16)11-13(19-7-9-4-3-5-23-9)20-15(17)21-14(11)22(10)2/h3-5,8H,6-7,18H2,1-2H3,(H,19,20,21)/t8-/m0/s1. The normalized spacial score (nSPS) is 12.7. The molecule has 3 rings (SSSR count). The molecule has 0 saturated carbocycles. The minimum Gasteiger partial charge on any atom is -0.467 e. The molecular weight excluding hydrogens is 337 g/mol. The van der Waals surface area contributed by atoms with E-state index in [4.69, 9.17) is 33.4 Å². The van der Waals surface area contributed by atoms with Gasteiger partial charge in [0.15, 0.2) is 0 Å². The lowest BCUT2D eigenvalue weighted by molar-refractivity contribution is 0.518. The highest BCUT2D eigenvalue weighted by molar-refractivity contribution is 6.37. The molecule has 0 aromatic carbocycles. The monoisotopic (exact) mass is 353 g/mol. The molecule has 0 fully saturated rings. The second-order valence-electron chi connectivity index (χ2n) is 5.47. The maximum Gasteiger partial charge on any atom is 0.226 e. The van der Waals surface area contributed by atoms with E-state index in [9.17, 15) is 0 Å². The molecule has 0 spiro atoms. The van der Waals surface area contributed by atoms with Crippen molar-refractivity contribution in [2.24, 2.45) is 12.8 Å². The van der Waals surface area contributed by atoms with E-state index in [0.29, 0.717) is 29.5 Å². The zero-order valence-corrected chi connectivity index (χ0v) is 14.3. The summed E-state index contributed by atoms with van der Waals surface area (Å²) in [7, 11) is 1.89. The summed E-state index contributed by atoms with van der Waals surface area (Å²) < 4.78 is 7.23. The number of nitrogens with two attached hydrogens (primary N) is 1. The molecule has 0 unspecified atom stereocenters. The molecule has 3 heterocycles. The van der Waals surface area contributed by atoms with Crippen molar-refractivity contribution in [1.29, 1.82) is 0 Å². The molecule has 23 heavy (non-hydrogen) atoms. The van der Waals surface area contributed by atoms with Gasteiger partial charge in [0.25, 0.3) is 0 Å². The van der Waals surface area contributed by atoms with Crippen LogP contribution in [-0.4, -0.2) is 20.6 Å².